The fourth-order valence-corrected chi connectivity index (χ4v) is 7.78. The molecule has 0 aliphatic carbocycles. The van der Waals surface area contributed by atoms with E-state index in [0.717, 1.165) is 37.7 Å². The lowest BCUT2D eigenvalue weighted by Gasteiger charge is -2.35. The fourth-order valence-electron chi connectivity index (χ4n) is 7.78. The van der Waals surface area contributed by atoms with E-state index in [-0.39, 0.29) is 55.5 Å². The first-order valence-corrected chi connectivity index (χ1v) is 19.6. The largest absolute Gasteiger partial charge is 0.483 e. The quantitative estimate of drug-likeness (QED) is 0.147. The predicted molar refractivity (Wildman–Crippen MR) is 208 cm³/mol. The molecule has 1 aromatic carbocycles. The van der Waals surface area contributed by atoms with Gasteiger partial charge in [-0.25, -0.2) is 0 Å². The van der Waals surface area contributed by atoms with E-state index in [4.69, 9.17) is 4.74 Å². The van der Waals surface area contributed by atoms with Crippen molar-refractivity contribution >= 4 is 47.3 Å². The third-order valence-corrected chi connectivity index (χ3v) is 11.1. The standard InChI is InChI=1S/C41H47N9O7/c51-36(13-9-29-6-4-17-42-25-29)43-18-2-1-5-28-15-19-49(20-16-28)41(56)32-10-12-35(46-45-32)47-21-23-48(24-22-47)38(53)27-57-34-8-3-7-30-31(34)26-50(40(30)55)33-11-14-37(52)44-39(33)54/h3-4,6-10,12-13,17,25,28,33H,1-2,5,11,14-16,18-24,26-27H2,(H,43,51)(H,44,52,54)/b13-9+. The van der Waals surface area contributed by atoms with Crippen LogP contribution in [0.2, 0.25) is 0 Å². The lowest BCUT2D eigenvalue weighted by molar-refractivity contribution is -0.137. The molecular formula is C41H47N9O7. The molecule has 1 unspecified atom stereocenters. The predicted octanol–water partition coefficient (Wildman–Crippen LogP) is 2.21. The van der Waals surface area contributed by atoms with E-state index < -0.39 is 11.9 Å². The van der Waals surface area contributed by atoms with Crippen molar-refractivity contribution in [3.05, 3.63) is 83.3 Å². The molecule has 4 aliphatic heterocycles. The lowest BCUT2D eigenvalue weighted by atomic mass is 9.91. The van der Waals surface area contributed by atoms with Crippen molar-refractivity contribution in [3.8, 4) is 5.75 Å². The van der Waals surface area contributed by atoms with Gasteiger partial charge >= 0.3 is 0 Å². The molecule has 4 aliphatic rings. The summed E-state index contributed by atoms with van der Waals surface area (Å²) < 4.78 is 5.93. The number of hydrogen-bond acceptors (Lipinski definition) is 11. The maximum absolute atomic E-state index is 13.2. The minimum atomic E-state index is -0.735. The molecule has 2 aromatic heterocycles. The van der Waals surface area contributed by atoms with Gasteiger partial charge in [-0.05, 0) is 73.6 Å². The number of piperazine rings is 1. The highest BCUT2D eigenvalue weighted by atomic mass is 16.5. The SMILES string of the molecule is O=C(/C=C/c1cccnc1)NCCCCC1CCN(C(=O)c2ccc(N3CCN(C(=O)COc4cccc5c4CN(C4CCC(=O)NC4=O)C5=O)CC3)nn2)CC1. The van der Waals surface area contributed by atoms with Crippen LogP contribution in [0.1, 0.15) is 76.9 Å². The minimum Gasteiger partial charge on any atom is -0.483 e. The minimum absolute atomic E-state index is 0.114. The van der Waals surface area contributed by atoms with Crippen LogP contribution in [0.25, 0.3) is 6.08 Å². The zero-order chi connectivity index (χ0) is 39.7. The molecule has 16 heteroatoms. The first kappa shape index (κ1) is 39.1. The Balaban J connectivity index is 0.795. The second-order valence-electron chi connectivity index (χ2n) is 14.8. The number of rotatable bonds is 13. The summed E-state index contributed by atoms with van der Waals surface area (Å²) in [4.78, 5) is 86.7. The molecule has 6 heterocycles. The van der Waals surface area contributed by atoms with Crippen LogP contribution in [-0.2, 0) is 25.7 Å². The molecule has 1 atom stereocenters. The summed E-state index contributed by atoms with van der Waals surface area (Å²) in [5, 5.41) is 13.9. The van der Waals surface area contributed by atoms with Crippen LogP contribution >= 0.6 is 0 Å². The number of carbonyl (C=O) groups excluding carboxylic acids is 6. The van der Waals surface area contributed by atoms with Crippen LogP contribution in [0.3, 0.4) is 0 Å². The number of hydrogen-bond donors (Lipinski definition) is 2. The van der Waals surface area contributed by atoms with Gasteiger partial charge in [0.1, 0.15) is 11.8 Å². The average Bonchev–Trinajstić information content (AvgIpc) is 3.58. The van der Waals surface area contributed by atoms with Crippen molar-refractivity contribution < 1.29 is 33.5 Å². The van der Waals surface area contributed by atoms with Gasteiger partial charge in [0, 0.05) is 81.8 Å². The number of nitrogens with one attached hydrogen (secondary N) is 2. The number of pyridine rings is 1. The molecule has 6 amide bonds. The maximum Gasteiger partial charge on any atom is 0.274 e. The van der Waals surface area contributed by atoms with Gasteiger partial charge in [-0.1, -0.05) is 25.0 Å². The normalized spacial score (nSPS) is 18.8. The summed E-state index contributed by atoms with van der Waals surface area (Å²) in [5.74, 6) is 0.0360. The molecule has 7 rings (SSSR count). The third-order valence-electron chi connectivity index (χ3n) is 11.1. The van der Waals surface area contributed by atoms with Crippen LogP contribution in [0.4, 0.5) is 5.82 Å². The zero-order valence-electron chi connectivity index (χ0n) is 31.8. The maximum atomic E-state index is 13.2. The Morgan fingerprint density at radius 1 is 0.895 bits per heavy atom. The Morgan fingerprint density at radius 2 is 1.72 bits per heavy atom. The molecule has 3 fully saturated rings. The van der Waals surface area contributed by atoms with Crippen LogP contribution in [0.5, 0.6) is 5.75 Å². The van der Waals surface area contributed by atoms with Gasteiger partial charge < -0.3 is 29.7 Å². The molecule has 0 radical (unpaired) electrons. The summed E-state index contributed by atoms with van der Waals surface area (Å²) in [6.07, 6.45) is 12.0. The van der Waals surface area contributed by atoms with Crippen molar-refractivity contribution in [1.82, 2.24) is 40.5 Å². The molecule has 0 bridgehead atoms. The van der Waals surface area contributed by atoms with Crippen molar-refractivity contribution in [2.75, 3.05) is 57.3 Å². The number of ether oxygens (including phenoxy) is 1. The smallest absolute Gasteiger partial charge is 0.274 e. The number of amides is 6. The number of aromatic nitrogens is 3. The highest BCUT2D eigenvalue weighted by Crippen LogP contribution is 2.33. The number of nitrogens with zero attached hydrogens (tertiary/aromatic N) is 7. The molecular weight excluding hydrogens is 731 g/mol. The number of unbranched alkanes of at least 4 members (excludes halogenated alkanes) is 1. The van der Waals surface area contributed by atoms with Crippen LogP contribution in [-0.4, -0.2) is 124 Å². The number of carbonyl (C=O) groups is 6. The van der Waals surface area contributed by atoms with Crippen molar-refractivity contribution in [1.29, 1.82) is 0 Å². The van der Waals surface area contributed by atoms with E-state index in [2.05, 4.69) is 25.8 Å². The molecule has 3 saturated heterocycles. The van der Waals surface area contributed by atoms with E-state index in [1.807, 2.05) is 21.9 Å². The average molecular weight is 778 g/mol. The summed E-state index contributed by atoms with van der Waals surface area (Å²) in [6.45, 7) is 3.90. The van der Waals surface area contributed by atoms with Gasteiger partial charge in [0.05, 0.1) is 6.54 Å². The number of anilines is 1. The van der Waals surface area contributed by atoms with Crippen molar-refractivity contribution in [2.45, 2.75) is 57.5 Å². The Morgan fingerprint density at radius 3 is 2.46 bits per heavy atom. The van der Waals surface area contributed by atoms with E-state index >= 15 is 0 Å². The molecule has 57 heavy (non-hydrogen) atoms. The first-order valence-electron chi connectivity index (χ1n) is 19.6. The van der Waals surface area contributed by atoms with E-state index in [1.54, 1.807) is 53.7 Å². The number of piperidine rings is 2. The van der Waals surface area contributed by atoms with E-state index in [1.165, 1.54) is 11.0 Å². The Hall–Kier alpha value is -6.19. The second kappa shape index (κ2) is 18.2. The second-order valence-corrected chi connectivity index (χ2v) is 14.8. The van der Waals surface area contributed by atoms with Crippen LogP contribution in [0, 0.1) is 5.92 Å². The van der Waals surface area contributed by atoms with Gasteiger partial charge in [0.2, 0.25) is 17.7 Å². The topological polar surface area (TPSA) is 187 Å². The molecule has 0 saturated carbocycles. The molecule has 298 valence electrons. The zero-order valence-corrected chi connectivity index (χ0v) is 31.8. The highest BCUT2D eigenvalue weighted by Gasteiger charge is 2.40. The van der Waals surface area contributed by atoms with Gasteiger partial charge in [0.15, 0.2) is 18.1 Å². The fraction of sp³-hybridized carbons (Fsp3) is 0.439. The number of likely N-dealkylation sites (tertiary alicyclic amines) is 1. The van der Waals surface area contributed by atoms with E-state index in [0.29, 0.717) is 80.1 Å². The monoisotopic (exact) mass is 777 g/mol. The van der Waals surface area contributed by atoms with Crippen molar-refractivity contribution in [2.24, 2.45) is 5.92 Å². The van der Waals surface area contributed by atoms with E-state index in [9.17, 15) is 28.8 Å². The first-order chi connectivity index (χ1) is 27.7. The molecule has 0 spiro atoms. The summed E-state index contributed by atoms with van der Waals surface area (Å²) >= 11 is 0. The van der Waals surface area contributed by atoms with Gasteiger partial charge in [-0.15, -0.1) is 10.2 Å². The highest BCUT2D eigenvalue weighted by molar-refractivity contribution is 6.05. The Bertz CT molecular complexity index is 1990. The lowest BCUT2D eigenvalue weighted by Crippen LogP contribution is -2.52. The van der Waals surface area contributed by atoms with Gasteiger partial charge in [0.25, 0.3) is 17.7 Å². The van der Waals surface area contributed by atoms with Gasteiger partial charge in [-0.2, -0.15) is 0 Å². The van der Waals surface area contributed by atoms with Crippen LogP contribution < -0.4 is 20.3 Å². The van der Waals surface area contributed by atoms with Crippen molar-refractivity contribution in [3.63, 3.8) is 0 Å². The summed E-state index contributed by atoms with van der Waals surface area (Å²) in [7, 11) is 0. The molecule has 16 nitrogen and oxygen atoms in total. The van der Waals surface area contributed by atoms with Gasteiger partial charge in [-0.3, -0.25) is 39.1 Å². The summed E-state index contributed by atoms with van der Waals surface area (Å²) in [6, 6.07) is 11.6. The van der Waals surface area contributed by atoms with Crippen LogP contribution in [0.15, 0.2) is 60.9 Å². The molecule has 3 aromatic rings. The third kappa shape index (κ3) is 9.62. The number of imide groups is 1. The number of benzene rings is 1. The number of fused-ring (bicyclic) bond motifs is 1. The molecule has 2 N–H and O–H groups in total. The summed E-state index contributed by atoms with van der Waals surface area (Å²) in [5.41, 5.74) is 2.23. The Labute approximate surface area is 330 Å². The Kier molecular flexibility index (Phi) is 12.5.